The Labute approximate surface area is 601 Å². The van der Waals surface area contributed by atoms with Gasteiger partial charge in [0, 0.05) is 76.0 Å². The van der Waals surface area contributed by atoms with E-state index >= 15 is 0 Å². The van der Waals surface area contributed by atoms with Crippen LogP contribution in [-0.4, -0.2) is 93.9 Å². The lowest BCUT2D eigenvalue weighted by atomic mass is 9.96. The third-order valence-corrected chi connectivity index (χ3v) is 15.0. The summed E-state index contributed by atoms with van der Waals surface area (Å²) in [5.74, 6) is 0.194. The molecule has 522 valence electrons. The van der Waals surface area contributed by atoms with Crippen molar-refractivity contribution in [3.63, 3.8) is 0 Å². The third-order valence-electron chi connectivity index (χ3n) is 14.2. The van der Waals surface area contributed by atoms with Gasteiger partial charge in [0.1, 0.15) is 63.4 Å². The van der Waals surface area contributed by atoms with Crippen LogP contribution in [0.15, 0.2) is 260 Å². The highest BCUT2D eigenvalue weighted by molar-refractivity contribution is 6.36. The molecular formula is C73H60Cl3N13O14. The molecule has 0 radical (unpaired) electrons. The molecule has 0 bridgehead atoms. The smallest absolute Gasteiger partial charge is 0.291 e. The highest BCUT2D eigenvalue weighted by Crippen LogP contribution is 2.33. The number of nitrogens with one attached hydrogen (secondary N) is 5. The Bertz CT molecular complexity index is 4800. The number of piperidine rings is 1. The predicted molar refractivity (Wildman–Crippen MR) is 381 cm³/mol. The van der Waals surface area contributed by atoms with Crippen LogP contribution in [0.1, 0.15) is 95.9 Å². The lowest BCUT2D eigenvalue weighted by Crippen LogP contribution is -2.44. The van der Waals surface area contributed by atoms with Gasteiger partial charge in [-0.2, -0.15) is 20.6 Å². The average Bonchev–Trinajstić information content (AvgIpc) is 1.77. The number of carbonyl (C=O) groups excluding carboxylic acids is 8. The first-order chi connectivity index (χ1) is 49.8. The molecule has 1 fully saturated rings. The molecule has 0 atom stereocenters. The molecular weight excluding hydrogens is 1390 g/mol. The van der Waals surface area contributed by atoms with Crippen LogP contribution in [0.2, 0.25) is 15.1 Å². The number of nitriles is 1. The number of hydrogen-bond acceptors (Lipinski definition) is 20. The fourth-order valence-corrected chi connectivity index (χ4v) is 9.56. The first kappa shape index (κ1) is 75.5. The molecule has 10 aromatic rings. The fraction of sp³-hybridized carbons (Fsp3) is 0.0959. The van der Waals surface area contributed by atoms with Gasteiger partial charge in [-0.1, -0.05) is 53.0 Å². The number of benzene rings is 3. The van der Waals surface area contributed by atoms with Gasteiger partial charge in [-0.05, 0) is 172 Å². The first-order valence-electron chi connectivity index (χ1n) is 30.6. The summed E-state index contributed by atoms with van der Waals surface area (Å²) in [7, 11) is 0. The Morgan fingerprint density at radius 2 is 1.25 bits per heavy atom. The monoisotopic (exact) mass is 1450 g/mol. The van der Waals surface area contributed by atoms with Gasteiger partial charge in [0.15, 0.2) is 0 Å². The first-order valence-corrected chi connectivity index (χ1v) is 31.7. The van der Waals surface area contributed by atoms with Crippen LogP contribution in [0, 0.1) is 24.2 Å². The Morgan fingerprint density at radius 3 is 1.83 bits per heavy atom. The van der Waals surface area contributed by atoms with Gasteiger partial charge < -0.3 is 42.5 Å². The number of primary amides is 1. The lowest BCUT2D eigenvalue weighted by Gasteiger charge is -2.31. The quantitative estimate of drug-likeness (QED) is 0.0213. The maximum Gasteiger partial charge on any atom is 0.291 e. The van der Waals surface area contributed by atoms with E-state index in [9.17, 15) is 38.4 Å². The molecule has 0 unspecified atom stereocenters. The molecule has 3 aromatic carbocycles. The summed E-state index contributed by atoms with van der Waals surface area (Å²) in [6, 6.07) is 40.9. The second kappa shape index (κ2) is 38.7. The number of aromatic nitrogens is 2. The number of rotatable bonds is 17. The summed E-state index contributed by atoms with van der Waals surface area (Å²) in [5, 5.41) is 26.6. The number of imide groups is 1. The topological polar surface area (TPSA) is 391 Å². The van der Waals surface area contributed by atoms with Crippen molar-refractivity contribution >= 4 is 119 Å². The summed E-state index contributed by atoms with van der Waals surface area (Å²) in [5.41, 5.74) is 15.2. The zero-order valence-corrected chi connectivity index (χ0v) is 56.7. The number of nitrogens with zero attached hydrogens (tertiary/aromatic N) is 7. The van der Waals surface area contributed by atoms with Crippen molar-refractivity contribution in [2.45, 2.75) is 26.7 Å². The number of aryl methyl sites for hydroxylation is 1. The van der Waals surface area contributed by atoms with Gasteiger partial charge in [0.2, 0.25) is 5.91 Å². The Hall–Kier alpha value is -13.3. The zero-order chi connectivity index (χ0) is 73.5. The normalized spacial score (nSPS) is 13.3. The predicted octanol–water partition coefficient (Wildman–Crippen LogP) is 12.0. The van der Waals surface area contributed by atoms with E-state index in [-0.39, 0.29) is 58.0 Å². The second-order valence-corrected chi connectivity index (χ2v) is 22.4. The number of likely N-dealkylation sites (tertiary alicyclic amines) is 1. The second-order valence-electron chi connectivity index (χ2n) is 21.2. The molecule has 0 aliphatic carbocycles. The Kier molecular flexibility index (Phi) is 28.4. The van der Waals surface area contributed by atoms with E-state index in [0.717, 1.165) is 5.76 Å². The number of furan rings is 6. The van der Waals surface area contributed by atoms with Crippen LogP contribution in [0.4, 0.5) is 0 Å². The molecule has 12 rings (SSSR count). The van der Waals surface area contributed by atoms with Crippen LogP contribution in [0.25, 0.3) is 29.6 Å². The van der Waals surface area contributed by atoms with Crippen LogP contribution in [0.3, 0.4) is 0 Å². The Morgan fingerprint density at radius 1 is 0.641 bits per heavy atom. The van der Waals surface area contributed by atoms with Gasteiger partial charge in [-0.25, -0.2) is 21.3 Å². The minimum absolute atomic E-state index is 0.0987. The number of amides is 8. The van der Waals surface area contributed by atoms with Crippen molar-refractivity contribution in [3.05, 3.63) is 290 Å². The highest BCUT2D eigenvalue weighted by Gasteiger charge is 2.30. The van der Waals surface area contributed by atoms with Crippen molar-refractivity contribution in [2.24, 2.45) is 27.0 Å². The van der Waals surface area contributed by atoms with Gasteiger partial charge >= 0.3 is 0 Å². The lowest BCUT2D eigenvalue weighted by molar-refractivity contribution is -0.131. The molecule has 27 nitrogen and oxygen atoms in total. The van der Waals surface area contributed by atoms with E-state index in [1.54, 1.807) is 171 Å². The van der Waals surface area contributed by atoms with Crippen molar-refractivity contribution in [1.29, 1.82) is 5.26 Å². The van der Waals surface area contributed by atoms with E-state index in [1.165, 1.54) is 74.4 Å². The van der Waals surface area contributed by atoms with Gasteiger partial charge in [-0.15, -0.1) is 0 Å². The van der Waals surface area contributed by atoms with E-state index in [1.807, 2.05) is 12.1 Å². The number of nitrogens with two attached hydrogens (primary N) is 1. The molecule has 1 saturated heterocycles. The van der Waals surface area contributed by atoms with Crippen LogP contribution in [0.5, 0.6) is 0 Å². The number of carbonyl (C=O) groups is 8. The molecule has 8 amide bonds. The van der Waals surface area contributed by atoms with Crippen LogP contribution in [-0.2, 0) is 19.2 Å². The summed E-state index contributed by atoms with van der Waals surface area (Å²) in [6.45, 7) is 4.07. The molecule has 7 N–H and O–H groups in total. The molecule has 30 heteroatoms. The molecule has 2 aliphatic rings. The molecule has 2 aliphatic heterocycles. The largest absolute Gasteiger partial charge is 0.469 e. The number of halogens is 3. The van der Waals surface area contributed by atoms with Crippen molar-refractivity contribution in [3.8, 4) is 17.4 Å². The molecule has 0 spiro atoms. The van der Waals surface area contributed by atoms with Crippen molar-refractivity contribution < 1.29 is 64.9 Å². The standard InChI is InChI=1S/C20H21N3O4.C18H10Cl2N2O3.C13H12N2O3.C12H9ClN2O2.C10H8N4O2/c21-18(24)14-8-10-23(11-9-14)20(26)17(13-16-7-4-12-27-16)22-19(25)15-5-2-1-3-6-15;1-9-13(17(23)22-18(24)14(9)8-21)7-11-3-5-16(25-11)12-4-2-10(19)6-15(12)20;1-10-12(6-9-17-10)13(16)15-14-7-2-4-11-5-3-8-18-11;13-10-5-3-9(4-6-10)12(16)15-14-8-11-2-1-7-17-11;15-10(9-7-11-3-4-12-9)14-13-6-8-2-1-5-16-8/h1-7,12-14H,8-11H2,(H2,21,24)(H,22,25);2-7H,1H3,(H,22,23,24);2-9H,1H3,(H,15,16);1-8H,(H,15,16);1-7H,(H,14,15)/b17-13-;13-7-;4-2-,14-7+;14-8+;13-6-. The number of hydrazone groups is 3. The maximum atomic E-state index is 13.0. The molecule has 9 heterocycles. The Balaban J connectivity index is 0.000000166. The van der Waals surface area contributed by atoms with E-state index < -0.39 is 17.7 Å². The maximum absolute atomic E-state index is 13.0. The molecule has 0 saturated carbocycles. The summed E-state index contributed by atoms with van der Waals surface area (Å²) in [6.07, 6.45) is 23.6. The van der Waals surface area contributed by atoms with Crippen LogP contribution < -0.4 is 32.6 Å². The minimum Gasteiger partial charge on any atom is -0.469 e. The van der Waals surface area contributed by atoms with Crippen molar-refractivity contribution in [2.75, 3.05) is 13.1 Å². The zero-order valence-electron chi connectivity index (χ0n) is 54.4. The third kappa shape index (κ3) is 23.4. The van der Waals surface area contributed by atoms with Crippen molar-refractivity contribution in [1.82, 2.24) is 41.8 Å². The molecule has 7 aromatic heterocycles. The van der Waals surface area contributed by atoms with E-state index in [4.69, 9.17) is 72.3 Å². The summed E-state index contributed by atoms with van der Waals surface area (Å²) in [4.78, 5) is 104. The SMILES string of the molecule is CC1=C(C#N)C(=O)NC(=O)/C1=C\c1ccc(-c2ccc(Cl)cc2Cl)o1.Cc1occc1C(=O)N/N=C/C=C\c1ccco1.NC(=O)C1CCN(C(=O)/C(=C/c2ccco2)NC(=O)c2ccccc2)CC1.O=C(N/N=C/c1ccco1)c1ccc(Cl)cc1.O=C(N/N=C\c1ccco1)c1cnccn1. The van der Waals surface area contributed by atoms with Gasteiger partial charge in [0.25, 0.3) is 41.4 Å². The molecule has 103 heavy (non-hydrogen) atoms. The minimum atomic E-state index is -0.699. The van der Waals surface area contributed by atoms with Crippen LogP contribution >= 0.6 is 34.8 Å². The van der Waals surface area contributed by atoms with E-state index in [0.29, 0.717) is 103 Å². The number of allylic oxidation sites excluding steroid dienone is 1. The van der Waals surface area contributed by atoms with Gasteiger partial charge in [0.05, 0.1) is 60.5 Å². The number of hydrogen-bond donors (Lipinski definition) is 6. The highest BCUT2D eigenvalue weighted by atomic mass is 35.5. The van der Waals surface area contributed by atoms with Gasteiger partial charge in [-0.3, -0.25) is 48.7 Å². The average molecular weight is 1450 g/mol. The summed E-state index contributed by atoms with van der Waals surface area (Å²) < 4.78 is 31.1. The summed E-state index contributed by atoms with van der Waals surface area (Å²) >= 11 is 17.8. The fourth-order valence-electron chi connectivity index (χ4n) is 8.93. The van der Waals surface area contributed by atoms with E-state index in [2.05, 4.69) is 52.2 Å².